The van der Waals surface area contributed by atoms with Crippen LogP contribution < -0.4 is 5.32 Å². The number of carbonyl (C=O) groups is 2. The predicted octanol–water partition coefficient (Wildman–Crippen LogP) is 14.3. The summed E-state index contributed by atoms with van der Waals surface area (Å²) in [6.07, 6.45) is 66.6. The number of nitrogens with one attached hydrogen (secondary N) is 1. The molecule has 0 saturated heterocycles. The second kappa shape index (κ2) is 47.1. The fourth-order valence-corrected chi connectivity index (χ4v) is 6.34. The standard InChI is InChI=1S/C55H87NO5/c1-4-7-10-13-16-19-22-24-26-28-30-33-36-39-42-45-48-55(60)61-51(46-43-40-37-34-32-29-27-25-23-20-17-14-11-8-5-2)49-54(59)56-52(50-57)53(58)47-44-41-38-35-31-21-18-15-12-9-6-3/h7-8,10-11,14,16-17,19-20,23-27,29-30,32-34,37,39,42,51-53,57-58H,4-6,9,12-13,15,18,21-22,28,31,35-36,38,40-41,43-50H2,1-3H3,(H,56,59)/b10-7+,11-8-,17-14+,19-16+,23-20+,26-24+,27-25-,32-29+,33-30+,37-34+,42-39+. The molecule has 0 aromatic carbocycles. The number of carbonyl (C=O) groups excluding carboxylic acids is 2. The average Bonchev–Trinajstić information content (AvgIpc) is 3.25. The van der Waals surface area contributed by atoms with Crippen LogP contribution in [0.25, 0.3) is 0 Å². The van der Waals surface area contributed by atoms with Crippen LogP contribution in [0.5, 0.6) is 0 Å². The van der Waals surface area contributed by atoms with Crippen molar-refractivity contribution < 1.29 is 24.5 Å². The van der Waals surface area contributed by atoms with Gasteiger partial charge in [0.1, 0.15) is 6.10 Å². The highest BCUT2D eigenvalue weighted by Crippen LogP contribution is 2.15. The molecule has 0 aliphatic rings. The van der Waals surface area contributed by atoms with Crippen molar-refractivity contribution in [3.05, 3.63) is 134 Å². The van der Waals surface area contributed by atoms with Crippen molar-refractivity contribution in [3.8, 4) is 0 Å². The molecule has 3 N–H and O–H groups in total. The number of rotatable bonds is 40. The van der Waals surface area contributed by atoms with Crippen LogP contribution in [0.2, 0.25) is 0 Å². The van der Waals surface area contributed by atoms with E-state index in [2.05, 4.69) is 92.9 Å². The molecule has 0 spiro atoms. The molecule has 0 bridgehead atoms. The quantitative estimate of drug-likeness (QED) is 0.0247. The van der Waals surface area contributed by atoms with Crippen molar-refractivity contribution in [1.82, 2.24) is 5.32 Å². The summed E-state index contributed by atoms with van der Waals surface area (Å²) in [7, 11) is 0. The molecule has 0 aromatic heterocycles. The maximum absolute atomic E-state index is 13.2. The minimum Gasteiger partial charge on any atom is -0.462 e. The smallest absolute Gasteiger partial charge is 0.306 e. The number of hydrogen-bond donors (Lipinski definition) is 3. The topological polar surface area (TPSA) is 95.9 Å². The maximum atomic E-state index is 13.2. The molecule has 0 heterocycles. The monoisotopic (exact) mass is 842 g/mol. The summed E-state index contributed by atoms with van der Waals surface area (Å²) in [6.45, 7) is 6.15. The number of aliphatic hydroxyl groups is 2. The summed E-state index contributed by atoms with van der Waals surface area (Å²) >= 11 is 0. The van der Waals surface area contributed by atoms with E-state index in [1.807, 2.05) is 66.8 Å². The van der Waals surface area contributed by atoms with E-state index in [1.165, 1.54) is 51.4 Å². The van der Waals surface area contributed by atoms with Gasteiger partial charge in [-0.25, -0.2) is 0 Å². The van der Waals surface area contributed by atoms with Crippen molar-refractivity contribution >= 4 is 11.9 Å². The van der Waals surface area contributed by atoms with Crippen LogP contribution in [0, 0.1) is 0 Å². The molecule has 61 heavy (non-hydrogen) atoms. The minimum atomic E-state index is -0.828. The predicted molar refractivity (Wildman–Crippen MR) is 263 cm³/mol. The third kappa shape index (κ3) is 42.5. The van der Waals surface area contributed by atoms with Gasteiger partial charge in [-0.15, -0.1) is 0 Å². The summed E-state index contributed by atoms with van der Waals surface area (Å²) in [4.78, 5) is 26.0. The van der Waals surface area contributed by atoms with Gasteiger partial charge in [0.2, 0.25) is 5.91 Å². The molecule has 0 aliphatic heterocycles. The lowest BCUT2D eigenvalue weighted by atomic mass is 10.0. The number of esters is 1. The Morgan fingerprint density at radius 3 is 1.48 bits per heavy atom. The van der Waals surface area contributed by atoms with Crippen LogP contribution in [0.3, 0.4) is 0 Å². The van der Waals surface area contributed by atoms with Crippen molar-refractivity contribution in [2.45, 2.75) is 193 Å². The van der Waals surface area contributed by atoms with Crippen molar-refractivity contribution in [2.75, 3.05) is 6.61 Å². The van der Waals surface area contributed by atoms with Crippen molar-refractivity contribution in [1.29, 1.82) is 0 Å². The molecule has 0 rings (SSSR count). The first-order valence-corrected chi connectivity index (χ1v) is 24.0. The van der Waals surface area contributed by atoms with Crippen LogP contribution in [0.4, 0.5) is 0 Å². The number of amides is 1. The summed E-state index contributed by atoms with van der Waals surface area (Å²) in [5, 5.41) is 23.6. The average molecular weight is 842 g/mol. The van der Waals surface area contributed by atoms with Gasteiger partial charge < -0.3 is 20.3 Å². The lowest BCUT2D eigenvalue weighted by molar-refractivity contribution is -0.150. The lowest BCUT2D eigenvalue weighted by Gasteiger charge is -2.24. The Balaban J connectivity index is 4.91. The Labute approximate surface area is 373 Å². The van der Waals surface area contributed by atoms with Gasteiger partial charge in [-0.2, -0.15) is 0 Å². The number of unbranched alkanes of at least 4 members (excludes halogenated alkanes) is 11. The highest BCUT2D eigenvalue weighted by molar-refractivity contribution is 5.77. The fraction of sp³-hybridized carbons (Fsp3) is 0.564. The number of aliphatic hydroxyl groups excluding tert-OH is 2. The largest absolute Gasteiger partial charge is 0.462 e. The van der Waals surface area contributed by atoms with E-state index >= 15 is 0 Å². The molecule has 6 nitrogen and oxygen atoms in total. The van der Waals surface area contributed by atoms with Gasteiger partial charge in [0.05, 0.1) is 25.2 Å². The van der Waals surface area contributed by atoms with Gasteiger partial charge in [0.15, 0.2) is 0 Å². The molecule has 3 atom stereocenters. The van der Waals surface area contributed by atoms with E-state index in [0.29, 0.717) is 19.3 Å². The summed E-state index contributed by atoms with van der Waals surface area (Å²) in [5.41, 5.74) is 0. The van der Waals surface area contributed by atoms with Crippen molar-refractivity contribution in [2.24, 2.45) is 0 Å². The zero-order valence-corrected chi connectivity index (χ0v) is 38.7. The Kier molecular flexibility index (Phi) is 44.0. The minimum absolute atomic E-state index is 0.0128. The van der Waals surface area contributed by atoms with E-state index in [9.17, 15) is 19.8 Å². The number of ether oxygens (including phenoxy) is 1. The van der Waals surface area contributed by atoms with Gasteiger partial charge in [-0.05, 0) is 70.6 Å². The van der Waals surface area contributed by atoms with Crippen LogP contribution >= 0.6 is 0 Å². The van der Waals surface area contributed by atoms with Crippen LogP contribution in [0.15, 0.2) is 134 Å². The molecule has 1 amide bonds. The molecular weight excluding hydrogens is 755 g/mol. The first-order valence-electron chi connectivity index (χ1n) is 24.0. The Bertz CT molecular complexity index is 1360. The SMILES string of the molecule is CC\C=C/C=C/C=C/C=C\C=C\C=C\CCCC(CC(=O)NC(CO)C(O)CCCCCCCCCCCCC)OC(=O)CC/C=C/C/C=C/C/C=C/C/C=C/C/C=C/CC. The zero-order valence-electron chi connectivity index (χ0n) is 38.7. The van der Waals surface area contributed by atoms with Gasteiger partial charge in [0.25, 0.3) is 0 Å². The molecule has 6 heteroatoms. The number of allylic oxidation sites excluding steroid dienone is 22. The van der Waals surface area contributed by atoms with E-state index in [-0.39, 0.29) is 31.3 Å². The molecule has 342 valence electrons. The number of hydrogen-bond acceptors (Lipinski definition) is 5. The maximum Gasteiger partial charge on any atom is 0.306 e. The normalized spacial score (nSPS) is 14.5. The van der Waals surface area contributed by atoms with Crippen LogP contribution in [0.1, 0.15) is 175 Å². The third-order valence-corrected chi connectivity index (χ3v) is 9.90. The van der Waals surface area contributed by atoms with Crippen LogP contribution in [-0.2, 0) is 14.3 Å². The molecule has 0 aliphatic carbocycles. The van der Waals surface area contributed by atoms with Gasteiger partial charge in [-0.1, -0.05) is 225 Å². The Morgan fingerprint density at radius 2 is 0.967 bits per heavy atom. The highest BCUT2D eigenvalue weighted by Gasteiger charge is 2.23. The first-order chi connectivity index (χ1) is 30.0. The second-order valence-electron chi connectivity index (χ2n) is 15.5. The third-order valence-electron chi connectivity index (χ3n) is 9.90. The molecule has 3 unspecified atom stereocenters. The highest BCUT2D eigenvalue weighted by atomic mass is 16.5. The first kappa shape index (κ1) is 57.0. The van der Waals surface area contributed by atoms with Crippen LogP contribution in [-0.4, -0.2) is 46.9 Å². The lowest BCUT2D eigenvalue weighted by Crippen LogP contribution is -2.46. The Hall–Kier alpha value is -4.00. The Morgan fingerprint density at radius 1 is 0.508 bits per heavy atom. The van der Waals surface area contributed by atoms with E-state index in [4.69, 9.17) is 4.74 Å². The van der Waals surface area contributed by atoms with E-state index in [1.54, 1.807) is 0 Å². The van der Waals surface area contributed by atoms with Gasteiger partial charge in [0, 0.05) is 6.42 Å². The molecule has 0 saturated carbocycles. The van der Waals surface area contributed by atoms with Gasteiger partial charge >= 0.3 is 5.97 Å². The van der Waals surface area contributed by atoms with Gasteiger partial charge in [-0.3, -0.25) is 9.59 Å². The van der Waals surface area contributed by atoms with Crippen molar-refractivity contribution in [3.63, 3.8) is 0 Å². The fourth-order valence-electron chi connectivity index (χ4n) is 6.34. The molecule has 0 radical (unpaired) electrons. The molecule has 0 aromatic rings. The van der Waals surface area contributed by atoms with E-state index in [0.717, 1.165) is 70.6 Å². The second-order valence-corrected chi connectivity index (χ2v) is 15.5. The summed E-state index contributed by atoms with van der Waals surface area (Å²) in [6, 6.07) is -0.749. The molecular formula is C55H87NO5. The summed E-state index contributed by atoms with van der Waals surface area (Å²) < 4.78 is 5.83. The molecule has 0 fully saturated rings. The summed E-state index contributed by atoms with van der Waals surface area (Å²) in [5.74, 6) is -0.666. The zero-order chi connectivity index (χ0) is 44.5. The van der Waals surface area contributed by atoms with E-state index < -0.39 is 18.2 Å².